The standard InChI is InChI=1S/C27H34N6O3S/c34-16-17-37(35)30-20-8-9-22(24(18-20)32-14-12-27(10-11-27)13-15-32)23-19-33(31-29-23)25-6-3-7-26(28-25)36-21-4-1-2-5-21/h3,6-9,18-19,21,30,34H,1-2,4-5,10-17H2. The van der Waals surface area contributed by atoms with Crippen LogP contribution in [0.5, 0.6) is 5.88 Å². The SMILES string of the molecule is O=S(CCO)Nc1ccc(-c2cn(-c3cccc(OC4CCCC4)n3)nn2)c(N2CCC3(CC2)CC3)c1. The van der Waals surface area contributed by atoms with E-state index in [4.69, 9.17) is 9.84 Å². The Labute approximate surface area is 219 Å². The van der Waals surface area contributed by atoms with Gasteiger partial charge in [-0.05, 0) is 81.0 Å². The molecule has 3 heterocycles. The minimum absolute atomic E-state index is 0.122. The number of anilines is 2. The predicted octanol–water partition coefficient (Wildman–Crippen LogP) is 4.10. The molecule has 0 radical (unpaired) electrons. The molecular formula is C27H34N6O3S. The van der Waals surface area contributed by atoms with Crippen molar-refractivity contribution in [2.24, 2.45) is 5.41 Å². The van der Waals surface area contributed by atoms with E-state index in [9.17, 15) is 4.21 Å². The number of hydrogen-bond donors (Lipinski definition) is 2. The molecule has 2 saturated carbocycles. The number of pyridine rings is 1. The quantitative estimate of drug-likeness (QED) is 0.436. The second kappa shape index (κ2) is 10.4. The Hall–Kier alpha value is -2.98. The van der Waals surface area contributed by atoms with E-state index in [0.717, 1.165) is 48.6 Å². The van der Waals surface area contributed by atoms with Gasteiger partial charge in [0.15, 0.2) is 5.82 Å². The van der Waals surface area contributed by atoms with Gasteiger partial charge in [-0.1, -0.05) is 11.3 Å². The fraction of sp³-hybridized carbons (Fsp3) is 0.519. The molecule has 0 bridgehead atoms. The summed E-state index contributed by atoms with van der Waals surface area (Å²) in [6.07, 6.45) is 11.8. The molecule has 1 unspecified atom stereocenters. The zero-order chi connectivity index (χ0) is 25.2. The Balaban J connectivity index is 1.27. The molecule has 196 valence electrons. The molecule has 9 nitrogen and oxygen atoms in total. The summed E-state index contributed by atoms with van der Waals surface area (Å²) in [5.74, 6) is 1.48. The number of hydrogen-bond acceptors (Lipinski definition) is 7. The van der Waals surface area contributed by atoms with E-state index in [-0.39, 0.29) is 18.5 Å². The van der Waals surface area contributed by atoms with Crippen molar-refractivity contribution in [3.05, 3.63) is 42.6 Å². The van der Waals surface area contributed by atoms with Crippen molar-refractivity contribution in [1.29, 1.82) is 0 Å². The second-order valence-corrected chi connectivity index (χ2v) is 11.8. The van der Waals surface area contributed by atoms with Gasteiger partial charge in [-0.15, -0.1) is 5.10 Å². The lowest BCUT2D eigenvalue weighted by atomic mass is 9.93. The minimum atomic E-state index is -1.33. The third kappa shape index (κ3) is 5.50. The zero-order valence-electron chi connectivity index (χ0n) is 21.0. The summed E-state index contributed by atoms with van der Waals surface area (Å²) in [5.41, 5.74) is 4.13. The van der Waals surface area contributed by atoms with Gasteiger partial charge in [-0.2, -0.15) is 4.98 Å². The van der Waals surface area contributed by atoms with Crippen LogP contribution in [0.2, 0.25) is 0 Å². The van der Waals surface area contributed by atoms with E-state index >= 15 is 0 Å². The minimum Gasteiger partial charge on any atom is -0.474 e. The summed E-state index contributed by atoms with van der Waals surface area (Å²) in [6, 6.07) is 11.7. The third-order valence-corrected chi connectivity index (χ3v) is 8.95. The van der Waals surface area contributed by atoms with Crippen molar-refractivity contribution >= 4 is 22.4 Å². The molecule has 2 N–H and O–H groups in total. The molecular weight excluding hydrogens is 488 g/mol. The molecule has 1 spiro atoms. The Morgan fingerprint density at radius 3 is 2.68 bits per heavy atom. The summed E-state index contributed by atoms with van der Waals surface area (Å²) in [5, 5.41) is 18.0. The predicted molar refractivity (Wildman–Crippen MR) is 144 cm³/mol. The van der Waals surface area contributed by atoms with Crippen LogP contribution in [0.3, 0.4) is 0 Å². The van der Waals surface area contributed by atoms with Crippen LogP contribution < -0.4 is 14.4 Å². The lowest BCUT2D eigenvalue weighted by Crippen LogP contribution is -2.34. The molecule has 1 aliphatic heterocycles. The second-order valence-electron chi connectivity index (χ2n) is 10.5. The van der Waals surface area contributed by atoms with Crippen LogP contribution in [0.15, 0.2) is 42.6 Å². The summed E-state index contributed by atoms with van der Waals surface area (Å²) in [6.45, 7) is 1.86. The maximum absolute atomic E-state index is 12.2. The monoisotopic (exact) mass is 522 g/mol. The fourth-order valence-corrected chi connectivity index (χ4v) is 6.17. The highest BCUT2D eigenvalue weighted by Gasteiger charge is 2.44. The summed E-state index contributed by atoms with van der Waals surface area (Å²) in [4.78, 5) is 7.09. The maximum Gasteiger partial charge on any atom is 0.215 e. The first-order chi connectivity index (χ1) is 18.1. The number of benzene rings is 1. The van der Waals surface area contributed by atoms with Crippen molar-refractivity contribution in [1.82, 2.24) is 20.0 Å². The molecule has 1 atom stereocenters. The van der Waals surface area contributed by atoms with Gasteiger partial charge in [-0.25, -0.2) is 8.89 Å². The molecule has 1 aromatic carbocycles. The van der Waals surface area contributed by atoms with Gasteiger partial charge in [0, 0.05) is 36.1 Å². The molecule has 3 aromatic rings. The van der Waals surface area contributed by atoms with Crippen molar-refractivity contribution in [2.45, 2.75) is 57.5 Å². The number of ether oxygens (including phenoxy) is 1. The number of aromatic nitrogens is 4. The van der Waals surface area contributed by atoms with Gasteiger partial charge >= 0.3 is 0 Å². The Kier molecular flexibility index (Phi) is 6.86. The van der Waals surface area contributed by atoms with Gasteiger partial charge in [0.1, 0.15) is 22.8 Å². The van der Waals surface area contributed by atoms with Gasteiger partial charge in [0.25, 0.3) is 0 Å². The van der Waals surface area contributed by atoms with Crippen molar-refractivity contribution in [3.63, 3.8) is 0 Å². The molecule has 3 aliphatic rings. The van der Waals surface area contributed by atoms with Gasteiger partial charge in [0.05, 0.1) is 18.6 Å². The van der Waals surface area contributed by atoms with Crippen LogP contribution >= 0.6 is 0 Å². The van der Waals surface area contributed by atoms with E-state index in [1.807, 2.05) is 42.6 Å². The smallest absolute Gasteiger partial charge is 0.215 e. The van der Waals surface area contributed by atoms with Gasteiger partial charge in [-0.3, -0.25) is 0 Å². The largest absolute Gasteiger partial charge is 0.474 e. The average molecular weight is 523 g/mol. The van der Waals surface area contributed by atoms with Crippen LogP contribution in [0.1, 0.15) is 51.4 Å². The van der Waals surface area contributed by atoms with E-state index in [0.29, 0.717) is 17.1 Å². The first kappa shape index (κ1) is 24.4. The Morgan fingerprint density at radius 2 is 1.92 bits per heavy atom. The average Bonchev–Trinajstić information content (AvgIpc) is 3.27. The van der Waals surface area contributed by atoms with Crippen molar-refractivity contribution in [3.8, 4) is 23.0 Å². The number of aliphatic hydroxyl groups is 1. The van der Waals surface area contributed by atoms with E-state index < -0.39 is 11.0 Å². The molecule has 10 heteroatoms. The molecule has 6 rings (SSSR count). The van der Waals surface area contributed by atoms with E-state index in [1.165, 1.54) is 38.5 Å². The Morgan fingerprint density at radius 1 is 1.11 bits per heavy atom. The zero-order valence-corrected chi connectivity index (χ0v) is 21.8. The number of piperidine rings is 1. The van der Waals surface area contributed by atoms with Gasteiger partial charge < -0.3 is 19.5 Å². The number of nitrogens with zero attached hydrogens (tertiary/aromatic N) is 5. The van der Waals surface area contributed by atoms with Crippen molar-refractivity contribution in [2.75, 3.05) is 35.1 Å². The topological polar surface area (TPSA) is 105 Å². The summed E-state index contributed by atoms with van der Waals surface area (Å²) in [7, 11) is -1.33. The highest BCUT2D eigenvalue weighted by molar-refractivity contribution is 7.86. The molecule has 2 aliphatic carbocycles. The van der Waals surface area contributed by atoms with Crippen LogP contribution in [0.4, 0.5) is 11.4 Å². The molecule has 37 heavy (non-hydrogen) atoms. The number of rotatable bonds is 9. The van der Waals surface area contributed by atoms with E-state index in [1.54, 1.807) is 4.68 Å². The highest BCUT2D eigenvalue weighted by atomic mass is 32.2. The first-order valence-corrected chi connectivity index (χ1v) is 14.6. The lowest BCUT2D eigenvalue weighted by molar-refractivity contribution is 0.201. The Bertz CT molecular complexity index is 1260. The molecule has 3 fully saturated rings. The molecule has 2 aromatic heterocycles. The first-order valence-electron chi connectivity index (χ1n) is 13.3. The maximum atomic E-state index is 12.2. The van der Waals surface area contributed by atoms with E-state index in [2.05, 4.69) is 24.9 Å². The molecule has 1 saturated heterocycles. The fourth-order valence-electron chi connectivity index (χ4n) is 5.51. The van der Waals surface area contributed by atoms with Crippen LogP contribution in [0, 0.1) is 5.41 Å². The third-order valence-electron chi connectivity index (χ3n) is 7.93. The van der Waals surface area contributed by atoms with Crippen LogP contribution in [0.25, 0.3) is 17.1 Å². The van der Waals surface area contributed by atoms with Gasteiger partial charge in [0.2, 0.25) is 5.88 Å². The van der Waals surface area contributed by atoms with Crippen molar-refractivity contribution < 1.29 is 14.1 Å². The lowest BCUT2D eigenvalue weighted by Gasteiger charge is -2.35. The highest BCUT2D eigenvalue weighted by Crippen LogP contribution is 2.54. The van der Waals surface area contributed by atoms with Crippen LogP contribution in [-0.4, -0.2) is 60.8 Å². The summed E-state index contributed by atoms with van der Waals surface area (Å²) < 4.78 is 23.0. The van der Waals surface area contributed by atoms with Crippen LogP contribution in [-0.2, 0) is 11.0 Å². The number of aliphatic hydroxyl groups excluding tert-OH is 1. The normalized spacial score (nSPS) is 19.8. The molecule has 0 amide bonds. The summed E-state index contributed by atoms with van der Waals surface area (Å²) >= 11 is 0. The number of nitrogens with one attached hydrogen (secondary N) is 1.